The first-order valence-electron chi connectivity index (χ1n) is 8.30. The van der Waals surface area contributed by atoms with E-state index < -0.39 is 0 Å². The van der Waals surface area contributed by atoms with Gasteiger partial charge in [0.2, 0.25) is 0 Å². The standard InChI is InChI=1S/C21H15N3O2S/c1-26-17-8-6-14(7-9-17)18-12-27-20-19(18)21(25)24(13-23-20)11-16-5-3-2-4-15(16)10-22/h2-9,12-13H,11H2,1H3. The van der Waals surface area contributed by atoms with Crippen molar-refractivity contribution in [1.29, 1.82) is 5.26 Å². The molecule has 0 bridgehead atoms. The number of hydrogen-bond acceptors (Lipinski definition) is 5. The molecule has 5 nitrogen and oxygen atoms in total. The van der Waals surface area contributed by atoms with Crippen LogP contribution >= 0.6 is 11.3 Å². The second kappa shape index (κ2) is 7.06. The molecule has 0 saturated heterocycles. The molecule has 4 rings (SSSR count). The Morgan fingerprint density at radius 2 is 1.96 bits per heavy atom. The Kier molecular flexibility index (Phi) is 4.45. The van der Waals surface area contributed by atoms with Gasteiger partial charge in [0.15, 0.2) is 0 Å². The fraction of sp³-hybridized carbons (Fsp3) is 0.0952. The second-order valence-corrected chi connectivity index (χ2v) is 6.86. The van der Waals surface area contributed by atoms with Crippen LogP contribution in [0.25, 0.3) is 21.3 Å². The van der Waals surface area contributed by atoms with Crippen molar-refractivity contribution in [2.24, 2.45) is 0 Å². The molecule has 0 saturated carbocycles. The summed E-state index contributed by atoms with van der Waals surface area (Å²) in [7, 11) is 1.62. The van der Waals surface area contributed by atoms with Crippen LogP contribution in [0.3, 0.4) is 0 Å². The average molecular weight is 373 g/mol. The van der Waals surface area contributed by atoms with Crippen molar-refractivity contribution in [1.82, 2.24) is 9.55 Å². The molecule has 132 valence electrons. The van der Waals surface area contributed by atoms with E-state index in [9.17, 15) is 10.1 Å². The number of ether oxygens (including phenoxy) is 1. The predicted octanol–water partition coefficient (Wildman–Crippen LogP) is 4.05. The van der Waals surface area contributed by atoms with E-state index in [2.05, 4.69) is 11.1 Å². The summed E-state index contributed by atoms with van der Waals surface area (Å²) >= 11 is 1.45. The number of rotatable bonds is 4. The molecule has 0 aliphatic heterocycles. The number of nitrogens with zero attached hydrogens (tertiary/aromatic N) is 3. The van der Waals surface area contributed by atoms with Crippen molar-refractivity contribution >= 4 is 21.6 Å². The number of nitriles is 1. The van der Waals surface area contributed by atoms with Crippen molar-refractivity contribution < 1.29 is 4.74 Å². The fourth-order valence-corrected chi connectivity index (χ4v) is 3.92. The third-order valence-corrected chi connectivity index (χ3v) is 5.33. The van der Waals surface area contributed by atoms with Crippen LogP contribution in [-0.4, -0.2) is 16.7 Å². The lowest BCUT2D eigenvalue weighted by Gasteiger charge is -2.08. The number of fused-ring (bicyclic) bond motifs is 1. The Balaban J connectivity index is 1.82. The molecule has 0 unspecified atom stereocenters. The maximum absolute atomic E-state index is 13.1. The molecule has 2 aromatic carbocycles. The highest BCUT2D eigenvalue weighted by Crippen LogP contribution is 2.31. The van der Waals surface area contributed by atoms with E-state index >= 15 is 0 Å². The monoisotopic (exact) mass is 373 g/mol. The fourth-order valence-electron chi connectivity index (χ4n) is 3.01. The molecule has 0 amide bonds. The zero-order valence-electron chi connectivity index (χ0n) is 14.5. The molecule has 2 aromatic heterocycles. The van der Waals surface area contributed by atoms with Gasteiger partial charge in [0.1, 0.15) is 10.6 Å². The Labute approximate surface area is 159 Å². The molecule has 4 aromatic rings. The van der Waals surface area contributed by atoms with E-state index in [1.54, 1.807) is 24.1 Å². The topological polar surface area (TPSA) is 67.9 Å². The van der Waals surface area contributed by atoms with Gasteiger partial charge in [0, 0.05) is 10.9 Å². The van der Waals surface area contributed by atoms with Gasteiger partial charge < -0.3 is 4.74 Å². The lowest BCUT2D eigenvalue weighted by atomic mass is 10.1. The van der Waals surface area contributed by atoms with Gasteiger partial charge in [-0.2, -0.15) is 5.26 Å². The van der Waals surface area contributed by atoms with E-state index in [-0.39, 0.29) is 5.56 Å². The third kappa shape index (κ3) is 3.09. The normalized spacial score (nSPS) is 10.7. The Bertz CT molecular complexity index is 1220. The maximum Gasteiger partial charge on any atom is 0.263 e. The van der Waals surface area contributed by atoms with Crippen molar-refractivity contribution in [2.45, 2.75) is 6.54 Å². The molecule has 0 aliphatic rings. The number of benzene rings is 2. The molecule has 27 heavy (non-hydrogen) atoms. The van der Waals surface area contributed by atoms with Crippen LogP contribution in [0.5, 0.6) is 5.75 Å². The van der Waals surface area contributed by atoms with Crippen LogP contribution in [0.15, 0.2) is 65.0 Å². The van der Waals surface area contributed by atoms with Gasteiger partial charge in [-0.05, 0) is 29.3 Å². The van der Waals surface area contributed by atoms with E-state index in [0.717, 1.165) is 22.4 Å². The van der Waals surface area contributed by atoms with Crippen LogP contribution in [0.1, 0.15) is 11.1 Å². The largest absolute Gasteiger partial charge is 0.497 e. The summed E-state index contributed by atoms with van der Waals surface area (Å²) < 4.78 is 6.76. The van der Waals surface area contributed by atoms with E-state index in [4.69, 9.17) is 4.74 Å². The van der Waals surface area contributed by atoms with Crippen molar-refractivity contribution in [2.75, 3.05) is 7.11 Å². The van der Waals surface area contributed by atoms with Crippen molar-refractivity contribution in [3.05, 3.63) is 81.7 Å². The predicted molar refractivity (Wildman–Crippen MR) is 106 cm³/mol. The average Bonchev–Trinajstić information content (AvgIpc) is 3.15. The minimum atomic E-state index is -0.111. The van der Waals surface area contributed by atoms with Gasteiger partial charge in [0.25, 0.3) is 5.56 Å². The highest BCUT2D eigenvalue weighted by molar-refractivity contribution is 7.17. The summed E-state index contributed by atoms with van der Waals surface area (Å²) in [5.41, 5.74) is 3.05. The minimum absolute atomic E-state index is 0.111. The molecule has 2 heterocycles. The van der Waals surface area contributed by atoms with Gasteiger partial charge in [-0.1, -0.05) is 30.3 Å². The van der Waals surface area contributed by atoms with E-state index in [1.165, 1.54) is 11.3 Å². The summed E-state index contributed by atoms with van der Waals surface area (Å²) in [5, 5.41) is 11.8. The molecular formula is C21H15N3O2S. The van der Waals surface area contributed by atoms with Crippen molar-refractivity contribution in [3.8, 4) is 22.9 Å². The first-order chi connectivity index (χ1) is 13.2. The molecule has 0 fully saturated rings. The zero-order valence-corrected chi connectivity index (χ0v) is 15.4. The van der Waals surface area contributed by atoms with Crippen molar-refractivity contribution in [3.63, 3.8) is 0 Å². The Morgan fingerprint density at radius 1 is 1.19 bits per heavy atom. The number of thiophene rings is 1. The van der Waals surface area contributed by atoms with Gasteiger partial charge >= 0.3 is 0 Å². The molecule has 0 radical (unpaired) electrons. The van der Waals surface area contributed by atoms with Gasteiger partial charge in [-0.3, -0.25) is 9.36 Å². The number of hydrogen-bond donors (Lipinski definition) is 0. The molecule has 6 heteroatoms. The van der Waals surface area contributed by atoms with Gasteiger partial charge in [0.05, 0.1) is 37.0 Å². The molecule has 0 N–H and O–H groups in total. The SMILES string of the molecule is COc1ccc(-c2csc3ncn(Cc4ccccc4C#N)c(=O)c23)cc1. The van der Waals surface area contributed by atoms with Gasteiger partial charge in [-0.15, -0.1) is 11.3 Å². The lowest BCUT2D eigenvalue weighted by Crippen LogP contribution is -2.21. The van der Waals surface area contributed by atoms with Crippen LogP contribution in [0, 0.1) is 11.3 Å². The minimum Gasteiger partial charge on any atom is -0.497 e. The highest BCUT2D eigenvalue weighted by atomic mass is 32.1. The van der Waals surface area contributed by atoms with Crippen LogP contribution in [0.4, 0.5) is 0 Å². The Morgan fingerprint density at radius 3 is 2.70 bits per heavy atom. The Hall–Kier alpha value is -3.43. The zero-order chi connectivity index (χ0) is 18.8. The molecule has 0 spiro atoms. The van der Waals surface area contributed by atoms with Gasteiger partial charge in [-0.25, -0.2) is 4.98 Å². The molecule has 0 atom stereocenters. The molecular weight excluding hydrogens is 358 g/mol. The summed E-state index contributed by atoms with van der Waals surface area (Å²) in [6.45, 7) is 0.309. The second-order valence-electron chi connectivity index (χ2n) is 6.00. The maximum atomic E-state index is 13.1. The summed E-state index contributed by atoms with van der Waals surface area (Å²) in [6, 6.07) is 17.1. The summed E-state index contributed by atoms with van der Waals surface area (Å²) in [5.74, 6) is 0.766. The summed E-state index contributed by atoms with van der Waals surface area (Å²) in [6.07, 6.45) is 1.55. The number of methoxy groups -OCH3 is 1. The lowest BCUT2D eigenvalue weighted by molar-refractivity contribution is 0.415. The van der Waals surface area contributed by atoms with Crippen LogP contribution in [0.2, 0.25) is 0 Å². The van der Waals surface area contributed by atoms with E-state index in [0.29, 0.717) is 22.3 Å². The van der Waals surface area contributed by atoms with Crippen LogP contribution < -0.4 is 10.3 Å². The number of aromatic nitrogens is 2. The summed E-state index contributed by atoms with van der Waals surface area (Å²) in [4.78, 5) is 18.3. The highest BCUT2D eigenvalue weighted by Gasteiger charge is 2.14. The third-order valence-electron chi connectivity index (χ3n) is 4.44. The first kappa shape index (κ1) is 17.0. The van der Waals surface area contributed by atoms with Crippen LogP contribution in [-0.2, 0) is 6.54 Å². The quantitative estimate of drug-likeness (QED) is 0.541. The van der Waals surface area contributed by atoms with E-state index in [1.807, 2.05) is 47.8 Å². The first-order valence-corrected chi connectivity index (χ1v) is 9.18. The molecule has 0 aliphatic carbocycles. The smallest absolute Gasteiger partial charge is 0.263 e.